The van der Waals surface area contributed by atoms with E-state index in [9.17, 15) is 9.90 Å². The summed E-state index contributed by atoms with van der Waals surface area (Å²) in [4.78, 5) is 26.1. The second kappa shape index (κ2) is 13.9. The molecule has 5 rings (SSSR count). The minimum absolute atomic E-state index is 0.184. The van der Waals surface area contributed by atoms with Crippen molar-refractivity contribution in [3.05, 3.63) is 54.6 Å². The number of carbonyl (C=O) groups is 1. The number of esters is 1. The zero-order valence-electron chi connectivity index (χ0n) is 26.9. The summed E-state index contributed by atoms with van der Waals surface area (Å²) in [6, 6.07) is 12.1. The summed E-state index contributed by atoms with van der Waals surface area (Å²) in [7, 11) is 1.69. The van der Waals surface area contributed by atoms with Crippen LogP contribution in [0.4, 0.5) is 10.2 Å². The number of nitrogens with one attached hydrogen (secondary N) is 2. The van der Waals surface area contributed by atoms with Gasteiger partial charge in [0.1, 0.15) is 29.3 Å². The molecule has 2 aromatic heterocycles. The van der Waals surface area contributed by atoms with Crippen molar-refractivity contribution in [2.75, 3.05) is 31.5 Å². The molecule has 0 spiro atoms. The minimum atomic E-state index is -3.65. The largest absolute Gasteiger partial charge is 0.464 e. The van der Waals surface area contributed by atoms with Gasteiger partial charge in [0.15, 0.2) is 29.4 Å². The summed E-state index contributed by atoms with van der Waals surface area (Å²) < 4.78 is 41.6. The van der Waals surface area contributed by atoms with E-state index in [1.54, 1.807) is 33.0 Å². The number of anilines is 1. The molecule has 3 heterocycles. The first-order valence-corrected chi connectivity index (χ1v) is 18.2. The van der Waals surface area contributed by atoms with Crippen LogP contribution in [0.1, 0.15) is 39.7 Å². The van der Waals surface area contributed by atoms with E-state index in [0.29, 0.717) is 28.6 Å². The zero-order valence-corrected chi connectivity index (χ0v) is 29.4. The van der Waals surface area contributed by atoms with Crippen LogP contribution in [0.3, 0.4) is 0 Å². The number of alkyl halides is 2. The standard InChI is InChI=1S/C31H39ClFN6O6PS/c1-18(29(41)42-15-30(3,4)5)38-46(47,45-22-13-9-11-20-10-7-8-12-21(20)22)43-16-31(14-32)25(40)23(33)28(44-31)39-17-35-24-26(34-6)36-19(2)37-27(24)39/h7-13,17-18,23,25,28,40H,14-16H2,1-6H3,(H,38,47)(H,34,36,37)/t18-,23-,25-,28+,31+,46-/m0/s1. The van der Waals surface area contributed by atoms with Gasteiger partial charge >= 0.3 is 12.6 Å². The Morgan fingerprint density at radius 3 is 2.68 bits per heavy atom. The van der Waals surface area contributed by atoms with E-state index in [2.05, 4.69) is 25.4 Å². The molecule has 0 aliphatic carbocycles. The van der Waals surface area contributed by atoms with E-state index in [-0.39, 0.29) is 17.9 Å². The van der Waals surface area contributed by atoms with Gasteiger partial charge in [-0.1, -0.05) is 57.2 Å². The van der Waals surface area contributed by atoms with Crippen LogP contribution in [-0.4, -0.2) is 80.7 Å². The molecule has 1 fully saturated rings. The number of aliphatic hydroxyl groups excluding tert-OH is 1. The summed E-state index contributed by atoms with van der Waals surface area (Å²) >= 11 is 12.3. The summed E-state index contributed by atoms with van der Waals surface area (Å²) in [5.41, 5.74) is -1.31. The molecule has 6 atom stereocenters. The molecule has 0 bridgehead atoms. The van der Waals surface area contributed by atoms with Gasteiger partial charge in [0, 0.05) is 12.4 Å². The Balaban J connectivity index is 1.44. The number of benzene rings is 2. The van der Waals surface area contributed by atoms with E-state index in [0.717, 1.165) is 10.8 Å². The number of aryl methyl sites for hydroxylation is 1. The van der Waals surface area contributed by atoms with Crippen molar-refractivity contribution < 1.29 is 32.8 Å². The van der Waals surface area contributed by atoms with Crippen LogP contribution >= 0.6 is 18.2 Å². The first kappa shape index (κ1) is 35.3. The Bertz CT molecular complexity index is 1800. The Hall–Kier alpha value is -2.97. The molecule has 0 amide bonds. The Morgan fingerprint density at radius 2 is 1.98 bits per heavy atom. The number of aliphatic hydroxyl groups is 1. The van der Waals surface area contributed by atoms with Gasteiger partial charge in [-0.2, -0.15) is 0 Å². The third kappa shape index (κ3) is 7.54. The third-order valence-corrected chi connectivity index (χ3v) is 10.5. The van der Waals surface area contributed by atoms with Gasteiger partial charge in [-0.15, -0.1) is 11.6 Å². The molecule has 0 unspecified atom stereocenters. The molecule has 4 aromatic rings. The number of fused-ring (bicyclic) bond motifs is 2. The highest BCUT2D eigenvalue weighted by atomic mass is 35.5. The summed E-state index contributed by atoms with van der Waals surface area (Å²) in [5.74, 6) is 0.373. The third-order valence-electron chi connectivity index (χ3n) is 7.54. The fourth-order valence-corrected chi connectivity index (χ4v) is 7.82. The Kier molecular flexibility index (Phi) is 10.4. The van der Waals surface area contributed by atoms with Crippen LogP contribution in [0.15, 0.2) is 48.8 Å². The smallest absolute Gasteiger partial charge is 0.323 e. The Morgan fingerprint density at radius 1 is 1.26 bits per heavy atom. The van der Waals surface area contributed by atoms with Crippen molar-refractivity contribution in [1.82, 2.24) is 24.6 Å². The van der Waals surface area contributed by atoms with Crippen LogP contribution in [0, 0.1) is 12.3 Å². The lowest BCUT2D eigenvalue weighted by atomic mass is 9.99. The molecular formula is C31H39ClFN6O6PS. The molecule has 1 saturated heterocycles. The van der Waals surface area contributed by atoms with Crippen molar-refractivity contribution in [2.24, 2.45) is 5.41 Å². The molecule has 47 heavy (non-hydrogen) atoms. The highest BCUT2D eigenvalue weighted by Gasteiger charge is 2.57. The van der Waals surface area contributed by atoms with Crippen LogP contribution in [0.5, 0.6) is 5.75 Å². The lowest BCUT2D eigenvalue weighted by Gasteiger charge is -2.33. The van der Waals surface area contributed by atoms with Gasteiger partial charge < -0.3 is 28.9 Å². The molecule has 0 saturated carbocycles. The number of hydrogen-bond donors (Lipinski definition) is 3. The first-order chi connectivity index (χ1) is 22.2. The van der Waals surface area contributed by atoms with Crippen molar-refractivity contribution in [2.45, 2.75) is 64.8 Å². The normalized spacial score (nSPS) is 23.5. The molecule has 0 radical (unpaired) electrons. The molecule has 3 N–H and O–H groups in total. The molecule has 2 aromatic carbocycles. The monoisotopic (exact) mass is 708 g/mol. The zero-order chi connectivity index (χ0) is 34.1. The van der Waals surface area contributed by atoms with Crippen molar-refractivity contribution >= 4 is 63.8 Å². The number of halogens is 2. The number of carbonyl (C=O) groups excluding carboxylic acids is 1. The average Bonchev–Trinajstić information content (AvgIpc) is 3.56. The maximum Gasteiger partial charge on any atom is 0.323 e. The van der Waals surface area contributed by atoms with Gasteiger partial charge in [0.05, 0.1) is 25.4 Å². The number of imidazole rings is 1. The number of rotatable bonds is 12. The molecular weight excluding hydrogens is 670 g/mol. The van der Waals surface area contributed by atoms with E-state index in [4.69, 9.17) is 41.9 Å². The van der Waals surface area contributed by atoms with Gasteiger partial charge in [-0.25, -0.2) is 24.4 Å². The first-order valence-electron chi connectivity index (χ1n) is 15.0. The van der Waals surface area contributed by atoms with E-state index in [1.165, 1.54) is 10.9 Å². The minimum Gasteiger partial charge on any atom is -0.464 e. The van der Waals surface area contributed by atoms with Gasteiger partial charge in [0.25, 0.3) is 0 Å². The highest BCUT2D eigenvalue weighted by molar-refractivity contribution is 8.09. The predicted molar refractivity (Wildman–Crippen MR) is 182 cm³/mol. The van der Waals surface area contributed by atoms with Gasteiger partial charge in [-0.05, 0) is 42.5 Å². The molecule has 16 heteroatoms. The van der Waals surface area contributed by atoms with E-state index < -0.39 is 49.4 Å². The summed E-state index contributed by atoms with van der Waals surface area (Å²) in [5, 5.41) is 18.9. The summed E-state index contributed by atoms with van der Waals surface area (Å²) in [6.45, 7) is 5.17. The number of hydrogen-bond acceptors (Lipinski definition) is 11. The molecule has 1 aliphatic rings. The molecule has 1 aliphatic heterocycles. The lowest BCUT2D eigenvalue weighted by Crippen LogP contribution is -2.48. The fraction of sp³-hybridized carbons (Fsp3) is 0.484. The highest BCUT2D eigenvalue weighted by Crippen LogP contribution is 2.50. The quantitative estimate of drug-likeness (QED) is 0.0983. The Labute approximate surface area is 282 Å². The maximum atomic E-state index is 16.0. The van der Waals surface area contributed by atoms with Crippen molar-refractivity contribution in [1.29, 1.82) is 0 Å². The number of ether oxygens (including phenoxy) is 2. The molecule has 12 nitrogen and oxygen atoms in total. The van der Waals surface area contributed by atoms with Gasteiger partial charge in [-0.3, -0.25) is 9.36 Å². The van der Waals surface area contributed by atoms with Crippen LogP contribution < -0.4 is 14.9 Å². The maximum absolute atomic E-state index is 16.0. The fourth-order valence-electron chi connectivity index (χ4n) is 5.08. The van der Waals surface area contributed by atoms with Crippen molar-refractivity contribution in [3.63, 3.8) is 0 Å². The van der Waals surface area contributed by atoms with Crippen LogP contribution in [0.25, 0.3) is 21.9 Å². The van der Waals surface area contributed by atoms with E-state index in [1.807, 2.05) is 51.1 Å². The van der Waals surface area contributed by atoms with Crippen LogP contribution in [0.2, 0.25) is 0 Å². The number of aromatic nitrogens is 4. The van der Waals surface area contributed by atoms with Gasteiger partial charge in [0.2, 0.25) is 0 Å². The summed E-state index contributed by atoms with van der Waals surface area (Å²) in [6.07, 6.45) is -3.66. The SMILES string of the molecule is CNc1nc(C)nc2c1ncn2[C@@H]1O[C@](CCl)(CO[P@@](=S)(N[C@@H](C)C(=O)OCC(C)(C)C)Oc2cccc3ccccc23)[C@@H](O)[C@@H]1F. The van der Waals surface area contributed by atoms with Crippen LogP contribution in [-0.2, 0) is 30.6 Å². The second-order valence-electron chi connectivity index (χ2n) is 12.6. The van der Waals surface area contributed by atoms with E-state index >= 15 is 4.39 Å². The van der Waals surface area contributed by atoms with Crippen molar-refractivity contribution in [3.8, 4) is 5.75 Å². The molecule has 254 valence electrons. The number of nitrogens with zero attached hydrogens (tertiary/aromatic N) is 4. The predicted octanol–water partition coefficient (Wildman–Crippen LogP) is 5.42. The lowest BCUT2D eigenvalue weighted by molar-refractivity contribution is -0.148. The average molecular weight is 709 g/mol. The topological polar surface area (TPSA) is 142 Å². The second-order valence-corrected chi connectivity index (χ2v) is 16.1.